The van der Waals surface area contributed by atoms with Crippen molar-refractivity contribution in [1.29, 1.82) is 0 Å². The molecule has 6 heteroatoms. The van der Waals surface area contributed by atoms with Crippen LogP contribution in [0.5, 0.6) is 0 Å². The van der Waals surface area contributed by atoms with Gasteiger partial charge in [0.05, 0.1) is 25.0 Å². The highest BCUT2D eigenvalue weighted by atomic mass is 16.3. The summed E-state index contributed by atoms with van der Waals surface area (Å²) in [7, 11) is 0. The fourth-order valence-electron chi connectivity index (χ4n) is 3.47. The smallest absolute Gasteiger partial charge is 0.157 e. The molecular weight excluding hydrogens is 302 g/mol. The molecule has 0 bridgehead atoms. The van der Waals surface area contributed by atoms with Gasteiger partial charge in [-0.05, 0) is 44.4 Å². The standard InChI is InChI=1S/C18H23N5O/c1-13(2)23-17-15(10-20-23)8-14(9-19-17)11-22-7-4-16(21-22)18(12-24)5-3-6-18/h4,7-10,13,24H,3,5-6,11-12H2,1-2H3. The molecule has 126 valence electrons. The Labute approximate surface area is 141 Å². The fourth-order valence-corrected chi connectivity index (χ4v) is 3.47. The molecule has 0 aromatic carbocycles. The van der Waals surface area contributed by atoms with Gasteiger partial charge in [0.2, 0.25) is 0 Å². The molecule has 1 aliphatic rings. The van der Waals surface area contributed by atoms with E-state index in [-0.39, 0.29) is 12.0 Å². The van der Waals surface area contributed by atoms with Gasteiger partial charge < -0.3 is 5.11 Å². The summed E-state index contributed by atoms with van der Waals surface area (Å²) >= 11 is 0. The van der Waals surface area contributed by atoms with E-state index in [1.165, 1.54) is 6.42 Å². The predicted molar refractivity (Wildman–Crippen MR) is 91.9 cm³/mol. The lowest BCUT2D eigenvalue weighted by molar-refractivity contribution is 0.115. The summed E-state index contributed by atoms with van der Waals surface area (Å²) in [6, 6.07) is 4.46. The number of nitrogens with zero attached hydrogens (tertiary/aromatic N) is 5. The molecule has 0 saturated heterocycles. The second-order valence-electron chi connectivity index (χ2n) is 7.13. The van der Waals surface area contributed by atoms with Crippen LogP contribution in [-0.2, 0) is 12.0 Å². The van der Waals surface area contributed by atoms with Crippen LogP contribution in [0.3, 0.4) is 0 Å². The molecule has 4 rings (SSSR count). The lowest BCUT2D eigenvalue weighted by atomic mass is 9.67. The van der Waals surface area contributed by atoms with E-state index in [1.54, 1.807) is 0 Å². The van der Waals surface area contributed by atoms with Crippen molar-refractivity contribution in [2.75, 3.05) is 6.61 Å². The average Bonchev–Trinajstić information content (AvgIpc) is 3.14. The van der Waals surface area contributed by atoms with Crippen molar-refractivity contribution in [2.24, 2.45) is 0 Å². The van der Waals surface area contributed by atoms with Gasteiger partial charge >= 0.3 is 0 Å². The predicted octanol–water partition coefficient (Wildman–Crippen LogP) is 2.67. The number of aromatic nitrogens is 5. The van der Waals surface area contributed by atoms with Crippen molar-refractivity contribution in [3.8, 4) is 0 Å². The van der Waals surface area contributed by atoms with Crippen LogP contribution in [0, 0.1) is 0 Å². The maximum absolute atomic E-state index is 9.69. The van der Waals surface area contributed by atoms with E-state index in [0.717, 1.165) is 35.1 Å². The fraction of sp³-hybridized carbons (Fsp3) is 0.500. The Hall–Kier alpha value is -2.21. The lowest BCUT2D eigenvalue weighted by Gasteiger charge is -2.38. The summed E-state index contributed by atoms with van der Waals surface area (Å²) in [5.74, 6) is 0. The minimum Gasteiger partial charge on any atom is -0.395 e. The van der Waals surface area contributed by atoms with Crippen LogP contribution in [0.1, 0.15) is 50.4 Å². The molecule has 0 radical (unpaired) electrons. The quantitative estimate of drug-likeness (QED) is 0.783. The Morgan fingerprint density at radius 1 is 1.29 bits per heavy atom. The summed E-state index contributed by atoms with van der Waals surface area (Å²) in [6.45, 7) is 5.07. The molecule has 6 nitrogen and oxygen atoms in total. The Morgan fingerprint density at radius 3 is 2.79 bits per heavy atom. The third kappa shape index (κ3) is 2.41. The monoisotopic (exact) mass is 325 g/mol. The van der Waals surface area contributed by atoms with Gasteiger partial charge in [0, 0.05) is 29.2 Å². The average molecular weight is 325 g/mol. The van der Waals surface area contributed by atoms with Gasteiger partial charge in [0.25, 0.3) is 0 Å². The molecule has 3 aromatic rings. The number of aliphatic hydroxyl groups excluding tert-OH is 1. The Bertz CT molecular complexity index is 854. The first kappa shape index (κ1) is 15.3. The van der Waals surface area contributed by atoms with Crippen molar-refractivity contribution in [2.45, 2.75) is 51.1 Å². The molecule has 24 heavy (non-hydrogen) atoms. The number of hydrogen-bond donors (Lipinski definition) is 1. The van der Waals surface area contributed by atoms with Gasteiger partial charge in [0.15, 0.2) is 5.65 Å². The number of rotatable bonds is 5. The maximum Gasteiger partial charge on any atom is 0.157 e. The minimum atomic E-state index is -0.105. The Morgan fingerprint density at radius 2 is 2.12 bits per heavy atom. The summed E-state index contributed by atoms with van der Waals surface area (Å²) in [4.78, 5) is 4.58. The third-order valence-electron chi connectivity index (χ3n) is 5.12. The molecular formula is C18H23N5O. The first-order chi connectivity index (χ1) is 11.6. The molecule has 0 spiro atoms. The molecule has 0 atom stereocenters. The zero-order valence-corrected chi connectivity index (χ0v) is 14.2. The van der Waals surface area contributed by atoms with Gasteiger partial charge in [-0.2, -0.15) is 10.2 Å². The lowest BCUT2D eigenvalue weighted by Crippen LogP contribution is -2.38. The largest absolute Gasteiger partial charge is 0.395 e. The normalized spacial score (nSPS) is 16.7. The van der Waals surface area contributed by atoms with Crippen molar-refractivity contribution >= 4 is 11.0 Å². The summed E-state index contributed by atoms with van der Waals surface area (Å²) in [5.41, 5.74) is 2.93. The van der Waals surface area contributed by atoms with Crippen LogP contribution in [0.4, 0.5) is 0 Å². The minimum absolute atomic E-state index is 0.105. The SMILES string of the molecule is CC(C)n1ncc2cc(Cn3ccc(C4(CO)CCC4)n3)cnc21. The highest BCUT2D eigenvalue weighted by Crippen LogP contribution is 2.42. The molecule has 0 amide bonds. The number of hydrogen-bond acceptors (Lipinski definition) is 4. The van der Waals surface area contributed by atoms with Crippen LogP contribution in [-0.4, -0.2) is 36.3 Å². The van der Waals surface area contributed by atoms with E-state index in [1.807, 2.05) is 34.0 Å². The first-order valence-electron chi connectivity index (χ1n) is 8.58. The summed E-state index contributed by atoms with van der Waals surface area (Å²) in [5, 5.41) is 19.8. The molecule has 3 heterocycles. The third-order valence-corrected chi connectivity index (χ3v) is 5.12. The van der Waals surface area contributed by atoms with Crippen LogP contribution < -0.4 is 0 Å². The topological polar surface area (TPSA) is 68.8 Å². The molecule has 1 aliphatic carbocycles. The number of pyridine rings is 1. The van der Waals surface area contributed by atoms with Gasteiger partial charge in [-0.15, -0.1) is 0 Å². The zero-order valence-electron chi connectivity index (χ0n) is 14.2. The van der Waals surface area contributed by atoms with Gasteiger partial charge in [0.1, 0.15) is 0 Å². The van der Waals surface area contributed by atoms with E-state index in [0.29, 0.717) is 12.6 Å². The van der Waals surface area contributed by atoms with E-state index in [4.69, 9.17) is 5.10 Å². The van der Waals surface area contributed by atoms with Crippen LogP contribution in [0.25, 0.3) is 11.0 Å². The maximum atomic E-state index is 9.69. The van der Waals surface area contributed by atoms with E-state index < -0.39 is 0 Å². The summed E-state index contributed by atoms with van der Waals surface area (Å²) in [6.07, 6.45) is 9.00. The number of fused-ring (bicyclic) bond motifs is 1. The van der Waals surface area contributed by atoms with Crippen LogP contribution >= 0.6 is 0 Å². The second kappa shape index (κ2) is 5.70. The van der Waals surface area contributed by atoms with Gasteiger partial charge in [-0.1, -0.05) is 6.42 Å². The Balaban J connectivity index is 1.57. The van der Waals surface area contributed by atoms with Gasteiger partial charge in [-0.3, -0.25) is 4.68 Å². The molecule has 1 N–H and O–H groups in total. The molecule has 1 saturated carbocycles. The number of aliphatic hydroxyl groups is 1. The molecule has 3 aromatic heterocycles. The van der Waals surface area contributed by atoms with Crippen LogP contribution in [0.2, 0.25) is 0 Å². The molecule has 0 aliphatic heterocycles. The molecule has 1 fully saturated rings. The van der Waals surface area contributed by atoms with E-state index in [9.17, 15) is 5.11 Å². The van der Waals surface area contributed by atoms with Gasteiger partial charge in [-0.25, -0.2) is 9.67 Å². The highest BCUT2D eigenvalue weighted by molar-refractivity contribution is 5.75. The first-order valence-corrected chi connectivity index (χ1v) is 8.58. The molecule has 0 unspecified atom stereocenters. The van der Waals surface area contributed by atoms with Crippen molar-refractivity contribution in [3.63, 3.8) is 0 Å². The Kier molecular flexibility index (Phi) is 3.64. The zero-order chi connectivity index (χ0) is 16.7. The second-order valence-corrected chi connectivity index (χ2v) is 7.13. The van der Waals surface area contributed by atoms with E-state index in [2.05, 4.69) is 30.0 Å². The van der Waals surface area contributed by atoms with E-state index >= 15 is 0 Å². The summed E-state index contributed by atoms with van der Waals surface area (Å²) < 4.78 is 3.87. The highest BCUT2D eigenvalue weighted by Gasteiger charge is 2.40. The van der Waals surface area contributed by atoms with Crippen molar-refractivity contribution in [3.05, 3.63) is 42.0 Å². The van der Waals surface area contributed by atoms with Crippen molar-refractivity contribution < 1.29 is 5.11 Å². The van der Waals surface area contributed by atoms with Crippen LogP contribution in [0.15, 0.2) is 30.7 Å². The van der Waals surface area contributed by atoms with Crippen molar-refractivity contribution in [1.82, 2.24) is 24.5 Å².